The Morgan fingerprint density at radius 2 is 0.679 bits per heavy atom. The highest BCUT2D eigenvalue weighted by Gasteiger charge is 2.43. The molecule has 456 valence electrons. The first kappa shape index (κ1) is 70.7. The summed E-state index contributed by atoms with van der Waals surface area (Å²) < 4.78 is 181. The Hall–Kier alpha value is -4.54. The van der Waals surface area contributed by atoms with E-state index in [4.69, 9.17) is 14.0 Å². The van der Waals surface area contributed by atoms with Gasteiger partial charge in [-0.05, 0) is 112 Å². The van der Waals surface area contributed by atoms with Gasteiger partial charge in [0.15, 0.2) is 0 Å². The average Bonchev–Trinajstić information content (AvgIpc) is 3.54. The minimum absolute atomic E-state index is 0.0547. The van der Waals surface area contributed by atoms with E-state index >= 15 is 13.2 Å². The Balaban J connectivity index is 0.00000154. The monoisotopic (exact) mass is 1160 g/mol. The molecule has 81 heavy (non-hydrogen) atoms. The second-order valence-electron chi connectivity index (χ2n) is 21.5. The van der Waals surface area contributed by atoms with Crippen LogP contribution >= 0.6 is 0 Å². The Kier molecular flexibility index (Phi) is 32.9. The molecule has 4 nitrogen and oxygen atoms in total. The first-order chi connectivity index (χ1) is 38.6. The first-order valence-electron chi connectivity index (χ1n) is 30.0. The van der Waals surface area contributed by atoms with Crippen LogP contribution in [0, 0.1) is 6.07 Å². The second kappa shape index (κ2) is 37.6. The lowest BCUT2D eigenvalue weighted by Crippen LogP contribution is -2.53. The molecule has 0 saturated carbocycles. The van der Waals surface area contributed by atoms with Crippen molar-refractivity contribution in [1.82, 2.24) is 0 Å². The summed E-state index contributed by atoms with van der Waals surface area (Å²) in [6.07, 6.45) is 11.2. The largest absolute Gasteiger partial charge is 0.864 e. The fourth-order valence-corrected chi connectivity index (χ4v) is 10.3. The molecule has 1 unspecified atom stereocenters. The van der Waals surface area contributed by atoms with Crippen molar-refractivity contribution < 1.29 is 71.1 Å². The third-order valence-electron chi connectivity index (χ3n) is 14.9. The Morgan fingerprint density at radius 3 is 1.01 bits per heavy atom. The van der Waals surface area contributed by atoms with Gasteiger partial charge in [-0.1, -0.05) is 162 Å². The number of quaternary nitrogens is 1. The lowest BCUT2D eigenvalue weighted by Gasteiger charge is -2.46. The highest BCUT2D eigenvalue weighted by molar-refractivity contribution is 6.39. The fourth-order valence-electron chi connectivity index (χ4n) is 10.3. The molecule has 0 N–H and O–H groups in total. The van der Waals surface area contributed by atoms with Gasteiger partial charge < -0.3 is 18.4 Å². The van der Waals surface area contributed by atoms with Crippen LogP contribution in [0.3, 0.4) is 0 Å². The SMILES string of the molecule is CCCCCCCCCCCC(c1cc(C(F)(F)F)ccc1OB(Oc1ccc(C(F)(F)F)cc1)Oc1ccc(C(F)(F)F)cc1)[N+](CCCCCCCC)(CCCCCCCC)CCCCCCCC.FC(F)(F)c1cc[c-]cc1. The number of hydrogen-bond donors (Lipinski definition) is 0. The summed E-state index contributed by atoms with van der Waals surface area (Å²) in [6.45, 7) is 11.1. The number of nitrogens with zero attached hydrogens (tertiary/aromatic N) is 1. The van der Waals surface area contributed by atoms with Crippen LogP contribution in [-0.4, -0.2) is 31.4 Å². The third kappa shape index (κ3) is 28.1. The smallest absolute Gasteiger partial charge is 0.490 e. The maximum Gasteiger partial charge on any atom is 0.864 e. The summed E-state index contributed by atoms with van der Waals surface area (Å²) in [5, 5.41) is 0. The van der Waals surface area contributed by atoms with Gasteiger partial charge in [0.05, 0.1) is 41.9 Å². The van der Waals surface area contributed by atoms with Crippen LogP contribution in [0.5, 0.6) is 17.2 Å². The van der Waals surface area contributed by atoms with E-state index in [-0.39, 0.29) is 17.2 Å². The van der Waals surface area contributed by atoms with Crippen molar-refractivity contribution in [1.29, 1.82) is 0 Å². The molecular weight excluding hydrogens is 1070 g/mol. The Morgan fingerprint density at radius 1 is 0.370 bits per heavy atom. The zero-order chi connectivity index (χ0) is 59.6. The van der Waals surface area contributed by atoms with Gasteiger partial charge in [0, 0.05) is 6.42 Å². The molecule has 0 spiro atoms. The minimum Gasteiger partial charge on any atom is -0.490 e. The van der Waals surface area contributed by atoms with Gasteiger partial charge in [0.1, 0.15) is 23.3 Å². The van der Waals surface area contributed by atoms with Crippen molar-refractivity contribution in [3.05, 3.63) is 125 Å². The standard InChI is InChI=1S/C57H86BF9NO3.C7H4F3/c1-5-9-13-17-21-22-23-24-28-32-53(68(43-29-25-18-14-10-6-2,44-30-26-19-15-11-7-3)45-31-27-20-16-12-8-4)52-46-49(57(65,66)67)37-42-54(52)71-58(69-50-38-33-47(34-39-50)55(59,60)61)70-51-40-35-48(36-41-51)56(62,63)64;8-7(9,10)6-4-2-1-3-5-6/h33-42,46,53H,5-32,43-45H2,1-4H3;2-5H/q+1;-1. The Bertz CT molecular complexity index is 2120. The van der Waals surface area contributed by atoms with Crippen molar-refractivity contribution in [3.8, 4) is 17.2 Å². The van der Waals surface area contributed by atoms with Gasteiger partial charge in [-0.2, -0.15) is 83.0 Å². The lowest BCUT2D eigenvalue weighted by atomic mass is 9.91. The molecule has 4 rings (SSSR count). The maximum absolute atomic E-state index is 15.0. The number of unbranched alkanes of at least 4 members (excludes halogenated alkanes) is 23. The number of hydrogen-bond acceptors (Lipinski definition) is 3. The van der Waals surface area contributed by atoms with Gasteiger partial charge >= 0.3 is 32.0 Å². The molecule has 0 aliphatic rings. The maximum atomic E-state index is 15.0. The van der Waals surface area contributed by atoms with Gasteiger partial charge in [-0.25, -0.2) is 0 Å². The fraction of sp³-hybridized carbons (Fsp3) is 0.625. The summed E-state index contributed by atoms with van der Waals surface area (Å²) in [6, 6.07) is 17.5. The van der Waals surface area contributed by atoms with E-state index in [1.807, 2.05) is 0 Å². The van der Waals surface area contributed by atoms with Crippen LogP contribution in [0.4, 0.5) is 52.7 Å². The summed E-state index contributed by atoms with van der Waals surface area (Å²) in [5.41, 5.74) is -3.00. The predicted octanol–water partition coefficient (Wildman–Crippen LogP) is 22.6. The van der Waals surface area contributed by atoms with E-state index in [0.29, 0.717) is 16.5 Å². The molecule has 4 aromatic rings. The van der Waals surface area contributed by atoms with Crippen LogP contribution in [0.2, 0.25) is 0 Å². The molecule has 0 bridgehead atoms. The molecule has 17 heteroatoms. The third-order valence-corrected chi connectivity index (χ3v) is 14.9. The van der Waals surface area contributed by atoms with E-state index in [0.717, 1.165) is 234 Å². The van der Waals surface area contributed by atoms with Crippen LogP contribution < -0.4 is 14.0 Å². The van der Waals surface area contributed by atoms with E-state index in [1.54, 1.807) is 0 Å². The van der Waals surface area contributed by atoms with E-state index in [2.05, 4.69) is 33.8 Å². The quantitative estimate of drug-likeness (QED) is 0.0147. The van der Waals surface area contributed by atoms with Crippen molar-refractivity contribution >= 4 is 7.32 Å². The zero-order valence-electron chi connectivity index (χ0n) is 48.4. The van der Waals surface area contributed by atoms with Crippen molar-refractivity contribution in [2.75, 3.05) is 19.6 Å². The summed E-state index contributed by atoms with van der Waals surface area (Å²) in [4.78, 5) is 0. The highest BCUT2D eigenvalue weighted by atomic mass is 19.4. The van der Waals surface area contributed by atoms with E-state index in [9.17, 15) is 39.5 Å². The van der Waals surface area contributed by atoms with Crippen LogP contribution in [-0.2, 0) is 24.7 Å². The van der Waals surface area contributed by atoms with Gasteiger partial charge in [-0.15, -0.1) is 0 Å². The molecule has 0 saturated heterocycles. The molecule has 0 radical (unpaired) electrons. The van der Waals surface area contributed by atoms with Gasteiger partial charge in [0.2, 0.25) is 0 Å². The number of rotatable bonds is 39. The van der Waals surface area contributed by atoms with Crippen LogP contribution in [0.1, 0.15) is 241 Å². The van der Waals surface area contributed by atoms with Crippen molar-refractivity contribution in [2.45, 2.75) is 238 Å². The lowest BCUT2D eigenvalue weighted by molar-refractivity contribution is -0.958. The normalized spacial score (nSPS) is 12.7. The molecule has 0 fully saturated rings. The summed E-state index contributed by atoms with van der Waals surface area (Å²) >= 11 is 0. The van der Waals surface area contributed by atoms with Crippen molar-refractivity contribution in [3.63, 3.8) is 0 Å². The molecule has 0 amide bonds. The molecule has 0 aliphatic heterocycles. The number of alkyl halides is 12. The number of halogens is 12. The summed E-state index contributed by atoms with van der Waals surface area (Å²) in [5.74, 6) is -0.179. The predicted molar refractivity (Wildman–Crippen MR) is 302 cm³/mol. The van der Waals surface area contributed by atoms with Crippen LogP contribution in [0.25, 0.3) is 0 Å². The Labute approximate surface area is 476 Å². The summed E-state index contributed by atoms with van der Waals surface area (Å²) in [7, 11) is -1.83. The first-order valence-corrected chi connectivity index (χ1v) is 30.0. The topological polar surface area (TPSA) is 27.7 Å². The van der Waals surface area contributed by atoms with Gasteiger partial charge in [0.25, 0.3) is 0 Å². The molecule has 0 aliphatic carbocycles. The zero-order valence-corrected chi connectivity index (χ0v) is 48.4. The number of benzene rings is 4. The molecular formula is C64H90BF12NO3. The molecule has 0 heterocycles. The van der Waals surface area contributed by atoms with Gasteiger partial charge in [-0.3, -0.25) is 0 Å². The molecule has 1 atom stereocenters. The van der Waals surface area contributed by atoms with Crippen molar-refractivity contribution in [2.24, 2.45) is 0 Å². The molecule has 0 aromatic heterocycles. The van der Waals surface area contributed by atoms with E-state index < -0.39 is 60.3 Å². The second-order valence-corrected chi connectivity index (χ2v) is 21.5. The van der Waals surface area contributed by atoms with Crippen LogP contribution in [0.15, 0.2) is 91.0 Å². The average molecular weight is 1160 g/mol. The van der Waals surface area contributed by atoms with E-state index in [1.165, 1.54) is 49.9 Å². The molecule has 4 aromatic carbocycles. The minimum atomic E-state index is -4.70. The highest BCUT2D eigenvalue weighted by Crippen LogP contribution is 2.44.